The van der Waals surface area contributed by atoms with Crippen molar-refractivity contribution >= 4 is 15.9 Å². The highest BCUT2D eigenvalue weighted by atomic mass is 79.9. The van der Waals surface area contributed by atoms with Crippen LogP contribution in [-0.4, -0.2) is 33.6 Å². The zero-order valence-corrected chi connectivity index (χ0v) is 13.2. The van der Waals surface area contributed by atoms with Gasteiger partial charge >= 0.3 is 0 Å². The second-order valence-electron chi connectivity index (χ2n) is 5.88. The van der Waals surface area contributed by atoms with Gasteiger partial charge in [-0.25, -0.2) is 0 Å². The minimum Gasteiger partial charge on any atom is -0.393 e. The summed E-state index contributed by atoms with van der Waals surface area (Å²) < 4.78 is 2.92. The minimum absolute atomic E-state index is 0.104. The molecule has 0 amide bonds. The number of nitrogens with zero attached hydrogens (tertiary/aromatic N) is 2. The van der Waals surface area contributed by atoms with E-state index >= 15 is 0 Å². The second-order valence-corrected chi connectivity index (χ2v) is 6.80. The molecular formula is C13H24BrN3O. The Labute approximate surface area is 118 Å². The molecule has 0 aromatic carbocycles. The van der Waals surface area contributed by atoms with Crippen molar-refractivity contribution < 1.29 is 5.11 Å². The van der Waals surface area contributed by atoms with E-state index in [0.29, 0.717) is 6.04 Å². The largest absolute Gasteiger partial charge is 0.393 e. The summed E-state index contributed by atoms with van der Waals surface area (Å²) in [5.74, 6) is 0. The molecule has 1 aromatic heterocycles. The fourth-order valence-electron chi connectivity index (χ4n) is 2.11. The van der Waals surface area contributed by atoms with Crippen molar-refractivity contribution in [3.05, 3.63) is 16.9 Å². The van der Waals surface area contributed by atoms with Gasteiger partial charge in [-0.05, 0) is 41.6 Å². The standard InChI is InChI=1S/C13H24BrN3O/c1-10(7-17-8-12(14)6-16-17)15-9-13(3,4)5-11(2)18/h6,8,10-11,15,18H,5,7,9H2,1-4H3. The van der Waals surface area contributed by atoms with E-state index in [1.807, 2.05) is 17.8 Å². The molecule has 0 bridgehead atoms. The number of nitrogens with one attached hydrogen (secondary N) is 1. The summed E-state index contributed by atoms with van der Waals surface area (Å²) in [6.45, 7) is 10.1. The summed E-state index contributed by atoms with van der Waals surface area (Å²) in [6.07, 6.45) is 4.32. The summed E-state index contributed by atoms with van der Waals surface area (Å²) in [5.41, 5.74) is 0.104. The van der Waals surface area contributed by atoms with E-state index in [1.165, 1.54) is 0 Å². The van der Waals surface area contributed by atoms with Gasteiger partial charge < -0.3 is 10.4 Å². The first-order valence-electron chi connectivity index (χ1n) is 6.38. The van der Waals surface area contributed by atoms with Crippen molar-refractivity contribution in [1.82, 2.24) is 15.1 Å². The van der Waals surface area contributed by atoms with Crippen LogP contribution in [0.1, 0.15) is 34.1 Å². The molecule has 1 heterocycles. The third kappa shape index (κ3) is 5.98. The Morgan fingerprint density at radius 3 is 2.67 bits per heavy atom. The van der Waals surface area contributed by atoms with Crippen LogP contribution in [0, 0.1) is 5.41 Å². The van der Waals surface area contributed by atoms with E-state index < -0.39 is 0 Å². The Kier molecular flexibility index (Phi) is 5.82. The van der Waals surface area contributed by atoms with Crippen LogP contribution in [0.5, 0.6) is 0 Å². The van der Waals surface area contributed by atoms with Crippen molar-refractivity contribution in [2.45, 2.75) is 52.8 Å². The highest BCUT2D eigenvalue weighted by molar-refractivity contribution is 9.10. The summed E-state index contributed by atoms with van der Waals surface area (Å²) in [5, 5.41) is 17.2. The van der Waals surface area contributed by atoms with Gasteiger partial charge in [0.05, 0.1) is 23.3 Å². The lowest BCUT2D eigenvalue weighted by atomic mass is 9.87. The maximum atomic E-state index is 9.44. The van der Waals surface area contributed by atoms with Gasteiger partial charge in [0, 0.05) is 18.8 Å². The van der Waals surface area contributed by atoms with E-state index in [2.05, 4.69) is 47.1 Å². The van der Waals surface area contributed by atoms with Crippen molar-refractivity contribution in [2.75, 3.05) is 6.54 Å². The number of halogens is 1. The van der Waals surface area contributed by atoms with Crippen molar-refractivity contribution in [3.63, 3.8) is 0 Å². The average Bonchev–Trinajstić information content (AvgIpc) is 2.59. The van der Waals surface area contributed by atoms with Crippen LogP contribution in [0.2, 0.25) is 0 Å². The van der Waals surface area contributed by atoms with Crippen molar-refractivity contribution in [1.29, 1.82) is 0 Å². The molecule has 18 heavy (non-hydrogen) atoms. The normalized spacial score (nSPS) is 15.7. The highest BCUT2D eigenvalue weighted by Crippen LogP contribution is 2.21. The Morgan fingerprint density at radius 2 is 2.17 bits per heavy atom. The SMILES string of the molecule is CC(O)CC(C)(C)CNC(C)Cn1cc(Br)cn1. The molecule has 0 aliphatic rings. The van der Waals surface area contributed by atoms with Crippen LogP contribution in [0.15, 0.2) is 16.9 Å². The summed E-state index contributed by atoms with van der Waals surface area (Å²) in [4.78, 5) is 0. The monoisotopic (exact) mass is 317 g/mol. The Morgan fingerprint density at radius 1 is 1.50 bits per heavy atom. The molecule has 0 saturated heterocycles. The van der Waals surface area contributed by atoms with E-state index in [0.717, 1.165) is 24.0 Å². The Balaban J connectivity index is 2.34. The number of hydrogen-bond acceptors (Lipinski definition) is 3. The van der Waals surface area contributed by atoms with Gasteiger partial charge in [0.2, 0.25) is 0 Å². The molecule has 4 nitrogen and oxygen atoms in total. The molecule has 1 rings (SSSR count). The van der Waals surface area contributed by atoms with Gasteiger partial charge in [-0.15, -0.1) is 0 Å². The number of aliphatic hydroxyl groups is 1. The molecule has 0 spiro atoms. The molecule has 0 aliphatic heterocycles. The van der Waals surface area contributed by atoms with Crippen LogP contribution in [0.25, 0.3) is 0 Å². The van der Waals surface area contributed by atoms with Crippen LogP contribution < -0.4 is 5.32 Å². The topological polar surface area (TPSA) is 50.1 Å². The van der Waals surface area contributed by atoms with Gasteiger partial charge in [0.25, 0.3) is 0 Å². The van der Waals surface area contributed by atoms with Crippen LogP contribution in [-0.2, 0) is 6.54 Å². The highest BCUT2D eigenvalue weighted by Gasteiger charge is 2.20. The quantitative estimate of drug-likeness (QED) is 0.812. The summed E-state index contributed by atoms with van der Waals surface area (Å²) in [7, 11) is 0. The first-order valence-corrected chi connectivity index (χ1v) is 7.17. The van der Waals surface area contributed by atoms with E-state index in [4.69, 9.17) is 0 Å². The summed E-state index contributed by atoms with van der Waals surface area (Å²) in [6, 6.07) is 0.352. The van der Waals surface area contributed by atoms with Crippen molar-refractivity contribution in [2.24, 2.45) is 5.41 Å². The molecule has 0 aliphatic carbocycles. The maximum absolute atomic E-state index is 9.44. The Hall–Kier alpha value is -0.390. The fourth-order valence-corrected chi connectivity index (χ4v) is 2.43. The predicted octanol–water partition coefficient (Wildman–Crippen LogP) is 2.42. The fraction of sp³-hybridized carbons (Fsp3) is 0.769. The number of aromatic nitrogens is 2. The lowest BCUT2D eigenvalue weighted by Gasteiger charge is -2.28. The smallest absolute Gasteiger partial charge is 0.0632 e. The Bertz CT molecular complexity index is 363. The number of rotatable bonds is 7. The van der Waals surface area contributed by atoms with Crippen LogP contribution >= 0.6 is 15.9 Å². The molecule has 2 atom stereocenters. The van der Waals surface area contributed by atoms with Crippen molar-refractivity contribution in [3.8, 4) is 0 Å². The first-order chi connectivity index (χ1) is 8.28. The van der Waals surface area contributed by atoms with Gasteiger partial charge in [0.1, 0.15) is 0 Å². The molecule has 0 saturated carbocycles. The maximum Gasteiger partial charge on any atom is 0.0632 e. The van der Waals surface area contributed by atoms with Gasteiger partial charge in [-0.3, -0.25) is 4.68 Å². The molecule has 0 radical (unpaired) electrons. The average molecular weight is 318 g/mol. The molecule has 104 valence electrons. The first kappa shape index (κ1) is 15.7. The molecule has 0 fully saturated rings. The zero-order valence-electron chi connectivity index (χ0n) is 11.7. The second kappa shape index (κ2) is 6.68. The molecule has 5 heteroatoms. The van der Waals surface area contributed by atoms with E-state index in [9.17, 15) is 5.11 Å². The minimum atomic E-state index is -0.251. The van der Waals surface area contributed by atoms with Gasteiger partial charge in [-0.2, -0.15) is 5.10 Å². The summed E-state index contributed by atoms with van der Waals surface area (Å²) >= 11 is 3.39. The van der Waals surface area contributed by atoms with E-state index in [-0.39, 0.29) is 11.5 Å². The molecule has 2 N–H and O–H groups in total. The van der Waals surface area contributed by atoms with Gasteiger partial charge in [-0.1, -0.05) is 13.8 Å². The third-order valence-electron chi connectivity index (χ3n) is 2.84. The molecule has 2 unspecified atom stereocenters. The predicted molar refractivity (Wildman–Crippen MR) is 77.5 cm³/mol. The van der Waals surface area contributed by atoms with Gasteiger partial charge in [0.15, 0.2) is 0 Å². The van der Waals surface area contributed by atoms with Crippen LogP contribution in [0.4, 0.5) is 0 Å². The number of hydrogen-bond donors (Lipinski definition) is 2. The van der Waals surface area contributed by atoms with E-state index in [1.54, 1.807) is 6.20 Å². The molecule has 1 aromatic rings. The third-order valence-corrected chi connectivity index (χ3v) is 3.25. The molecular weight excluding hydrogens is 294 g/mol. The van der Waals surface area contributed by atoms with Crippen LogP contribution in [0.3, 0.4) is 0 Å². The number of aliphatic hydroxyl groups excluding tert-OH is 1. The zero-order chi connectivity index (χ0) is 13.8. The lowest BCUT2D eigenvalue weighted by Crippen LogP contribution is -2.39. The lowest BCUT2D eigenvalue weighted by molar-refractivity contribution is 0.126.